The van der Waals surface area contributed by atoms with E-state index < -0.39 is 0 Å². The molecule has 2 aromatic rings. The first-order valence-electron chi connectivity index (χ1n) is 5.56. The smallest absolute Gasteiger partial charge is 0.136 e. The summed E-state index contributed by atoms with van der Waals surface area (Å²) in [5.74, 6) is 0.751. The first-order valence-corrected chi connectivity index (χ1v) is 6.75. The fourth-order valence-corrected chi connectivity index (χ4v) is 2.45. The van der Waals surface area contributed by atoms with E-state index in [0.29, 0.717) is 5.15 Å². The number of hydrogen-bond donors (Lipinski definition) is 0. The number of halogens is 1. The maximum Gasteiger partial charge on any atom is 0.136 e. The number of aromatic nitrogens is 4. The molecule has 0 saturated heterocycles. The predicted molar refractivity (Wildman–Crippen MR) is 73.1 cm³/mol. The molecular weight excluding hydrogens is 268 g/mol. The van der Waals surface area contributed by atoms with E-state index in [1.165, 1.54) is 11.8 Å². The van der Waals surface area contributed by atoms with Gasteiger partial charge in [-0.1, -0.05) is 44.1 Å². The van der Waals surface area contributed by atoms with Gasteiger partial charge in [0.1, 0.15) is 16.0 Å². The molecule has 0 aliphatic carbocycles. The van der Waals surface area contributed by atoms with Gasteiger partial charge in [-0.3, -0.25) is 4.68 Å². The second-order valence-electron chi connectivity index (χ2n) is 5.05. The van der Waals surface area contributed by atoms with Crippen LogP contribution >= 0.6 is 23.4 Å². The Hall–Kier alpha value is -1.07. The van der Waals surface area contributed by atoms with Crippen LogP contribution in [0.5, 0.6) is 0 Å². The van der Waals surface area contributed by atoms with Crippen molar-refractivity contribution in [2.24, 2.45) is 7.05 Å². The molecule has 0 N–H and O–H groups in total. The zero-order valence-corrected chi connectivity index (χ0v) is 12.4. The van der Waals surface area contributed by atoms with E-state index in [0.717, 1.165) is 15.7 Å². The van der Waals surface area contributed by atoms with Gasteiger partial charge in [-0.2, -0.15) is 5.10 Å². The molecule has 0 aliphatic heterocycles. The SMILES string of the molecule is Cn1cc(Sc2cc(Cl)nc(C(C)(C)C)n2)cn1. The lowest BCUT2D eigenvalue weighted by atomic mass is 9.96. The molecule has 6 heteroatoms. The third kappa shape index (κ3) is 3.23. The fourth-order valence-electron chi connectivity index (χ4n) is 1.36. The van der Waals surface area contributed by atoms with Crippen LogP contribution in [-0.2, 0) is 12.5 Å². The third-order valence-corrected chi connectivity index (χ3v) is 3.30. The van der Waals surface area contributed by atoms with Crippen molar-refractivity contribution in [1.29, 1.82) is 0 Å². The lowest BCUT2D eigenvalue weighted by molar-refractivity contribution is 0.538. The largest absolute Gasteiger partial charge is 0.275 e. The van der Waals surface area contributed by atoms with Crippen LogP contribution < -0.4 is 0 Å². The summed E-state index contributed by atoms with van der Waals surface area (Å²) in [7, 11) is 1.89. The Kier molecular flexibility index (Phi) is 3.64. The van der Waals surface area contributed by atoms with Gasteiger partial charge >= 0.3 is 0 Å². The molecule has 18 heavy (non-hydrogen) atoms. The van der Waals surface area contributed by atoms with Crippen molar-refractivity contribution < 1.29 is 0 Å². The molecular formula is C12H15ClN4S. The Balaban J connectivity index is 2.31. The van der Waals surface area contributed by atoms with Gasteiger partial charge in [-0.25, -0.2) is 9.97 Å². The molecule has 0 aliphatic rings. The second-order valence-corrected chi connectivity index (χ2v) is 6.54. The third-order valence-electron chi connectivity index (χ3n) is 2.25. The van der Waals surface area contributed by atoms with Gasteiger partial charge in [0, 0.05) is 24.7 Å². The highest BCUT2D eigenvalue weighted by molar-refractivity contribution is 7.99. The van der Waals surface area contributed by atoms with Crippen LogP contribution in [0, 0.1) is 0 Å². The van der Waals surface area contributed by atoms with Crippen LogP contribution in [0.3, 0.4) is 0 Å². The van der Waals surface area contributed by atoms with Gasteiger partial charge in [0.15, 0.2) is 0 Å². The van der Waals surface area contributed by atoms with Crippen LogP contribution in [0.1, 0.15) is 26.6 Å². The standard InChI is InChI=1S/C12H15ClN4S/c1-12(2,3)11-15-9(13)5-10(16-11)18-8-6-14-17(4)7-8/h5-7H,1-4H3. The van der Waals surface area contributed by atoms with E-state index in [2.05, 4.69) is 35.8 Å². The normalized spacial score (nSPS) is 11.8. The quantitative estimate of drug-likeness (QED) is 0.793. The summed E-state index contributed by atoms with van der Waals surface area (Å²) in [6.07, 6.45) is 3.74. The molecule has 96 valence electrons. The summed E-state index contributed by atoms with van der Waals surface area (Å²) in [4.78, 5) is 9.85. The van der Waals surface area contributed by atoms with Crippen molar-refractivity contribution in [1.82, 2.24) is 19.7 Å². The van der Waals surface area contributed by atoms with Gasteiger partial charge in [0.25, 0.3) is 0 Å². The second kappa shape index (κ2) is 4.90. The molecule has 0 atom stereocenters. The monoisotopic (exact) mass is 282 g/mol. The van der Waals surface area contributed by atoms with Gasteiger partial charge < -0.3 is 0 Å². The van der Waals surface area contributed by atoms with E-state index in [9.17, 15) is 0 Å². The molecule has 4 nitrogen and oxygen atoms in total. The lowest BCUT2D eigenvalue weighted by Gasteiger charge is -2.17. The van der Waals surface area contributed by atoms with E-state index in [1.54, 1.807) is 16.9 Å². The average Bonchev–Trinajstić information content (AvgIpc) is 2.61. The van der Waals surface area contributed by atoms with Gasteiger partial charge in [-0.15, -0.1) is 0 Å². The lowest BCUT2D eigenvalue weighted by Crippen LogP contribution is -2.16. The minimum Gasteiger partial charge on any atom is -0.275 e. The van der Waals surface area contributed by atoms with Gasteiger partial charge in [0.2, 0.25) is 0 Å². The molecule has 0 amide bonds. The van der Waals surface area contributed by atoms with Crippen LogP contribution in [-0.4, -0.2) is 19.7 Å². The van der Waals surface area contributed by atoms with E-state index >= 15 is 0 Å². The first kappa shape index (κ1) is 13.4. The number of hydrogen-bond acceptors (Lipinski definition) is 4. The molecule has 2 aromatic heterocycles. The Morgan fingerprint density at radius 2 is 2.00 bits per heavy atom. The molecule has 0 fully saturated rings. The molecule has 0 spiro atoms. The van der Waals surface area contributed by atoms with Crippen LogP contribution in [0.4, 0.5) is 0 Å². The van der Waals surface area contributed by atoms with Crippen LogP contribution in [0.2, 0.25) is 5.15 Å². The molecule has 0 unspecified atom stereocenters. The summed E-state index contributed by atoms with van der Waals surface area (Å²) in [6, 6.07) is 1.77. The topological polar surface area (TPSA) is 43.6 Å². The Morgan fingerprint density at radius 3 is 2.56 bits per heavy atom. The van der Waals surface area contributed by atoms with Gasteiger partial charge in [0.05, 0.1) is 11.1 Å². The maximum absolute atomic E-state index is 6.04. The summed E-state index contributed by atoms with van der Waals surface area (Å²) < 4.78 is 1.76. The average molecular weight is 283 g/mol. The van der Waals surface area contributed by atoms with E-state index in [-0.39, 0.29) is 5.41 Å². The molecule has 2 heterocycles. The van der Waals surface area contributed by atoms with Crippen molar-refractivity contribution in [2.45, 2.75) is 36.1 Å². The summed E-state index contributed by atoms with van der Waals surface area (Å²) in [6.45, 7) is 6.20. The van der Waals surface area contributed by atoms with Crippen molar-refractivity contribution in [3.05, 3.63) is 29.4 Å². The number of rotatable bonds is 2. The van der Waals surface area contributed by atoms with Crippen molar-refractivity contribution >= 4 is 23.4 Å². The number of aryl methyl sites for hydroxylation is 1. The Bertz CT molecular complexity index is 559. The van der Waals surface area contributed by atoms with E-state index in [1.807, 2.05) is 13.2 Å². The first-order chi connectivity index (χ1) is 8.34. The fraction of sp³-hybridized carbons (Fsp3) is 0.417. The van der Waals surface area contributed by atoms with Gasteiger partial charge in [-0.05, 0) is 0 Å². The minimum absolute atomic E-state index is 0.116. The zero-order valence-electron chi connectivity index (χ0n) is 10.8. The van der Waals surface area contributed by atoms with Crippen molar-refractivity contribution in [3.63, 3.8) is 0 Å². The highest BCUT2D eigenvalue weighted by atomic mass is 35.5. The minimum atomic E-state index is -0.116. The summed E-state index contributed by atoms with van der Waals surface area (Å²) in [5, 5.41) is 5.44. The molecule has 0 radical (unpaired) electrons. The van der Waals surface area contributed by atoms with Crippen molar-refractivity contribution in [3.8, 4) is 0 Å². The highest BCUT2D eigenvalue weighted by Gasteiger charge is 2.19. The van der Waals surface area contributed by atoms with Crippen LogP contribution in [0.25, 0.3) is 0 Å². The molecule has 0 aromatic carbocycles. The van der Waals surface area contributed by atoms with Crippen molar-refractivity contribution in [2.75, 3.05) is 0 Å². The molecule has 0 saturated carbocycles. The Labute approximate surface area is 116 Å². The highest BCUT2D eigenvalue weighted by Crippen LogP contribution is 2.29. The molecule has 2 rings (SSSR count). The number of nitrogens with zero attached hydrogens (tertiary/aromatic N) is 4. The summed E-state index contributed by atoms with van der Waals surface area (Å²) in [5.41, 5.74) is -0.116. The predicted octanol–water partition coefficient (Wildman–Crippen LogP) is 3.31. The maximum atomic E-state index is 6.04. The molecule has 0 bridgehead atoms. The van der Waals surface area contributed by atoms with E-state index in [4.69, 9.17) is 11.6 Å². The van der Waals surface area contributed by atoms with Crippen LogP contribution in [0.15, 0.2) is 28.4 Å². The Morgan fingerprint density at radius 1 is 1.28 bits per heavy atom. The zero-order chi connectivity index (χ0) is 13.3. The summed E-state index contributed by atoms with van der Waals surface area (Å²) >= 11 is 7.58.